The minimum absolute atomic E-state index is 0.179. The summed E-state index contributed by atoms with van der Waals surface area (Å²) in [5.74, 6) is -3.07. The van der Waals surface area contributed by atoms with Gasteiger partial charge in [-0.25, -0.2) is 4.79 Å². The summed E-state index contributed by atoms with van der Waals surface area (Å²) in [4.78, 5) is 22.4. The number of amides is 1. The zero-order valence-electron chi connectivity index (χ0n) is 9.76. The molecule has 0 saturated carbocycles. The summed E-state index contributed by atoms with van der Waals surface area (Å²) in [7, 11) is 1.04. The van der Waals surface area contributed by atoms with Crippen molar-refractivity contribution in [3.05, 3.63) is 0 Å². The molecule has 8 heteroatoms. The number of nitrogens with zero attached hydrogens (tertiary/aromatic N) is 1. The third-order valence-corrected chi connectivity index (χ3v) is 2.64. The number of ether oxygens (including phenoxy) is 1. The second-order valence-corrected chi connectivity index (χ2v) is 5.17. The van der Waals surface area contributed by atoms with E-state index >= 15 is 0 Å². The van der Waals surface area contributed by atoms with Crippen LogP contribution in [0.4, 0.5) is 13.2 Å². The van der Waals surface area contributed by atoms with E-state index in [9.17, 15) is 22.8 Å². The van der Waals surface area contributed by atoms with Gasteiger partial charge in [0.1, 0.15) is 6.04 Å². The minimum Gasteiger partial charge on any atom is -0.467 e. The van der Waals surface area contributed by atoms with E-state index in [0.29, 0.717) is 0 Å². The lowest BCUT2D eigenvalue weighted by molar-refractivity contribution is -0.184. The zero-order valence-corrected chi connectivity index (χ0v) is 11.3. The Morgan fingerprint density at radius 2 is 1.65 bits per heavy atom. The first-order valence-electron chi connectivity index (χ1n) is 4.57. The smallest absolute Gasteiger partial charge is 0.467 e. The van der Waals surface area contributed by atoms with Crippen LogP contribution in [-0.2, 0) is 14.3 Å². The van der Waals surface area contributed by atoms with Crippen LogP contribution >= 0.6 is 16.1 Å². The fraction of sp³-hybridized carbons (Fsp3) is 0.778. The molecule has 17 heavy (non-hydrogen) atoms. The molecule has 0 fully saturated rings. The summed E-state index contributed by atoms with van der Waals surface area (Å²) < 4.78 is 41.3. The van der Waals surface area contributed by atoms with Crippen molar-refractivity contribution < 1.29 is 27.5 Å². The SMILES string of the molecule is COC(=O)[C@@H](N(Br)C(=O)C(F)(F)F)C(C)(C)C. The van der Waals surface area contributed by atoms with Gasteiger partial charge >= 0.3 is 18.1 Å². The van der Waals surface area contributed by atoms with Crippen molar-refractivity contribution in [3.63, 3.8) is 0 Å². The molecule has 0 saturated heterocycles. The number of rotatable bonds is 2. The maximum absolute atomic E-state index is 12.2. The van der Waals surface area contributed by atoms with Gasteiger partial charge in [-0.15, -0.1) is 0 Å². The van der Waals surface area contributed by atoms with Crippen molar-refractivity contribution in [2.24, 2.45) is 5.41 Å². The molecule has 0 radical (unpaired) electrons. The van der Waals surface area contributed by atoms with Gasteiger partial charge < -0.3 is 4.74 Å². The van der Waals surface area contributed by atoms with Crippen molar-refractivity contribution in [2.45, 2.75) is 33.0 Å². The lowest BCUT2D eigenvalue weighted by Gasteiger charge is -2.33. The van der Waals surface area contributed by atoms with E-state index in [2.05, 4.69) is 20.9 Å². The Labute approximate surface area is 105 Å². The van der Waals surface area contributed by atoms with Gasteiger partial charge in [0, 0.05) is 0 Å². The number of hydrogen-bond donors (Lipinski definition) is 0. The Morgan fingerprint density at radius 1 is 1.24 bits per heavy atom. The molecule has 4 nitrogen and oxygen atoms in total. The van der Waals surface area contributed by atoms with Crippen molar-refractivity contribution in [1.29, 1.82) is 0 Å². The number of methoxy groups -OCH3 is 1. The molecule has 100 valence electrons. The largest absolute Gasteiger partial charge is 0.472 e. The molecule has 0 spiro atoms. The van der Waals surface area contributed by atoms with E-state index in [1.807, 2.05) is 0 Å². The summed E-state index contributed by atoms with van der Waals surface area (Å²) in [6.07, 6.45) is -5.05. The van der Waals surface area contributed by atoms with Crippen LogP contribution in [-0.4, -0.2) is 35.1 Å². The van der Waals surface area contributed by atoms with Gasteiger partial charge in [0.15, 0.2) is 0 Å². The number of carbonyl (C=O) groups excluding carboxylic acids is 2. The van der Waals surface area contributed by atoms with Gasteiger partial charge in [0.25, 0.3) is 0 Å². The molecular weight excluding hydrogens is 307 g/mol. The van der Waals surface area contributed by atoms with Crippen LogP contribution in [0, 0.1) is 5.41 Å². The van der Waals surface area contributed by atoms with Crippen molar-refractivity contribution in [3.8, 4) is 0 Å². The number of hydrogen-bond acceptors (Lipinski definition) is 3. The average molecular weight is 320 g/mol. The highest BCUT2D eigenvalue weighted by Crippen LogP contribution is 2.31. The van der Waals surface area contributed by atoms with Gasteiger partial charge in [-0.2, -0.15) is 13.2 Å². The van der Waals surface area contributed by atoms with E-state index in [1.165, 1.54) is 20.8 Å². The molecule has 0 aliphatic rings. The van der Waals surface area contributed by atoms with Crippen molar-refractivity contribution in [1.82, 2.24) is 3.93 Å². The molecule has 0 bridgehead atoms. The molecule has 0 aromatic rings. The van der Waals surface area contributed by atoms with Crippen LogP contribution in [0.15, 0.2) is 0 Å². The summed E-state index contributed by atoms with van der Waals surface area (Å²) in [6, 6.07) is -1.37. The molecule has 1 amide bonds. The maximum atomic E-state index is 12.2. The Morgan fingerprint density at radius 3 is 1.88 bits per heavy atom. The van der Waals surface area contributed by atoms with Crippen LogP contribution in [0.3, 0.4) is 0 Å². The number of carbonyl (C=O) groups is 2. The van der Waals surface area contributed by atoms with Crippen molar-refractivity contribution in [2.75, 3.05) is 7.11 Å². The van der Waals surface area contributed by atoms with E-state index in [0.717, 1.165) is 7.11 Å². The molecule has 0 heterocycles. The minimum atomic E-state index is -5.05. The lowest BCUT2D eigenvalue weighted by atomic mass is 9.86. The molecule has 0 aromatic carbocycles. The first-order chi connectivity index (χ1) is 7.42. The highest BCUT2D eigenvalue weighted by Gasteiger charge is 2.49. The van der Waals surface area contributed by atoms with Crippen LogP contribution < -0.4 is 0 Å². The highest BCUT2D eigenvalue weighted by atomic mass is 79.9. The normalized spacial score (nSPS) is 14.1. The second kappa shape index (κ2) is 5.24. The van der Waals surface area contributed by atoms with Crippen LogP contribution in [0.25, 0.3) is 0 Å². The first kappa shape index (κ1) is 16.2. The number of halogens is 4. The van der Waals surface area contributed by atoms with Gasteiger partial charge in [0.2, 0.25) is 0 Å². The van der Waals surface area contributed by atoms with E-state index in [-0.39, 0.29) is 3.93 Å². The molecule has 0 rings (SSSR count). The Kier molecular flexibility index (Phi) is 5.00. The zero-order chi connectivity index (χ0) is 14.0. The molecule has 0 aliphatic carbocycles. The van der Waals surface area contributed by atoms with Gasteiger partial charge in [-0.3, -0.25) is 8.72 Å². The molecule has 0 aliphatic heterocycles. The third-order valence-electron chi connectivity index (χ3n) is 1.91. The second-order valence-electron chi connectivity index (χ2n) is 4.41. The third kappa shape index (κ3) is 4.18. The van der Waals surface area contributed by atoms with Crippen LogP contribution in [0.1, 0.15) is 20.8 Å². The Hall–Kier alpha value is -0.790. The fourth-order valence-corrected chi connectivity index (χ4v) is 2.12. The quantitative estimate of drug-likeness (QED) is 0.579. The Bertz CT molecular complexity index is 312. The van der Waals surface area contributed by atoms with E-state index < -0.39 is 29.5 Å². The maximum Gasteiger partial charge on any atom is 0.472 e. The summed E-state index contributed by atoms with van der Waals surface area (Å²) >= 11 is 2.49. The van der Waals surface area contributed by atoms with Gasteiger partial charge in [-0.05, 0) is 5.41 Å². The van der Waals surface area contributed by atoms with Crippen molar-refractivity contribution >= 4 is 28.0 Å². The summed E-state index contributed by atoms with van der Waals surface area (Å²) in [6.45, 7) is 4.56. The lowest BCUT2D eigenvalue weighted by Crippen LogP contribution is -2.51. The predicted octanol–water partition coefficient (Wildman–Crippen LogP) is 2.27. The van der Waals surface area contributed by atoms with E-state index in [4.69, 9.17) is 0 Å². The summed E-state index contributed by atoms with van der Waals surface area (Å²) in [5.41, 5.74) is -0.905. The molecule has 1 atom stereocenters. The van der Waals surface area contributed by atoms with Crippen LogP contribution in [0.2, 0.25) is 0 Å². The fourth-order valence-electron chi connectivity index (χ4n) is 1.14. The highest BCUT2D eigenvalue weighted by molar-refractivity contribution is 9.07. The Balaban J connectivity index is 5.23. The predicted molar refractivity (Wildman–Crippen MR) is 57.1 cm³/mol. The molecule has 0 unspecified atom stereocenters. The van der Waals surface area contributed by atoms with E-state index in [1.54, 1.807) is 0 Å². The van der Waals surface area contributed by atoms with Gasteiger partial charge in [0.05, 0.1) is 23.3 Å². The summed E-state index contributed by atoms with van der Waals surface area (Å²) in [5, 5.41) is 0. The number of esters is 1. The standard InChI is InChI=1S/C9H13BrF3NO3/c1-8(2,3)5(6(15)17-4)14(10)7(16)9(11,12)13/h5H,1-4H3/t5-/m1/s1. The molecular formula is C9H13BrF3NO3. The molecule has 0 N–H and O–H groups in total. The first-order valence-corrected chi connectivity index (χ1v) is 5.28. The molecule has 0 aromatic heterocycles. The average Bonchev–Trinajstić information content (AvgIpc) is 2.12. The topological polar surface area (TPSA) is 46.6 Å². The van der Waals surface area contributed by atoms with Gasteiger partial charge in [-0.1, -0.05) is 20.8 Å². The number of alkyl halides is 3. The van der Waals surface area contributed by atoms with Crippen LogP contribution in [0.5, 0.6) is 0 Å². The monoisotopic (exact) mass is 319 g/mol.